The van der Waals surface area contributed by atoms with Crippen molar-refractivity contribution in [1.82, 2.24) is 4.90 Å². The minimum absolute atomic E-state index is 0.0772. The Kier molecular flexibility index (Phi) is 1.73. The zero-order chi connectivity index (χ0) is 8.77. The summed E-state index contributed by atoms with van der Waals surface area (Å²) in [5, 5.41) is 7.80. The van der Waals surface area contributed by atoms with Gasteiger partial charge in [0.25, 0.3) is 0 Å². The van der Waals surface area contributed by atoms with Crippen LogP contribution in [0, 0.1) is 5.41 Å². The van der Waals surface area contributed by atoms with Crippen molar-refractivity contribution in [1.29, 1.82) is 5.41 Å². The van der Waals surface area contributed by atoms with Crippen LogP contribution >= 0.6 is 0 Å². The second kappa shape index (κ2) is 2.54. The molecule has 68 valence electrons. The molecule has 1 unspecified atom stereocenters. The summed E-state index contributed by atoms with van der Waals surface area (Å²) < 4.78 is 5.68. The van der Waals surface area contributed by atoms with Crippen molar-refractivity contribution in [2.45, 2.75) is 31.5 Å². The normalized spacial score (nSPS) is 35.2. The highest BCUT2D eigenvalue weighted by molar-refractivity contribution is 5.98. The zero-order valence-electron chi connectivity index (χ0n) is 7.76. The van der Waals surface area contributed by atoms with Crippen LogP contribution in [0.3, 0.4) is 0 Å². The highest BCUT2D eigenvalue weighted by Gasteiger charge is 2.50. The minimum atomic E-state index is -0.147. The van der Waals surface area contributed by atoms with Gasteiger partial charge in [-0.1, -0.05) is 0 Å². The van der Waals surface area contributed by atoms with Gasteiger partial charge in [-0.05, 0) is 26.8 Å². The molecule has 1 N–H and O–H groups in total. The fourth-order valence-electron chi connectivity index (χ4n) is 2.14. The Labute approximate surface area is 73.2 Å². The van der Waals surface area contributed by atoms with E-state index >= 15 is 0 Å². The van der Waals surface area contributed by atoms with Gasteiger partial charge < -0.3 is 15.0 Å². The molecule has 2 aliphatic heterocycles. The first kappa shape index (κ1) is 8.20. The molecule has 12 heavy (non-hydrogen) atoms. The SMILES string of the molecule is CC1OC2(CCN(C)CC2)C1=N. The summed E-state index contributed by atoms with van der Waals surface area (Å²) in [5.74, 6) is 0. The van der Waals surface area contributed by atoms with Crippen molar-refractivity contribution in [3.8, 4) is 0 Å². The van der Waals surface area contributed by atoms with Gasteiger partial charge in [-0.25, -0.2) is 0 Å². The van der Waals surface area contributed by atoms with E-state index in [-0.39, 0.29) is 11.7 Å². The number of nitrogens with one attached hydrogen (secondary N) is 1. The van der Waals surface area contributed by atoms with E-state index in [0.29, 0.717) is 0 Å². The average molecular weight is 168 g/mol. The maximum absolute atomic E-state index is 7.80. The van der Waals surface area contributed by atoms with Crippen molar-refractivity contribution >= 4 is 5.71 Å². The Morgan fingerprint density at radius 3 is 2.50 bits per heavy atom. The molecule has 2 rings (SSSR count). The molecule has 0 bridgehead atoms. The highest BCUT2D eigenvalue weighted by atomic mass is 16.5. The lowest BCUT2D eigenvalue weighted by Crippen LogP contribution is -2.63. The standard InChI is InChI=1S/C9H16N2O/c1-7-8(10)9(12-7)3-5-11(2)6-4-9/h7,10H,3-6H2,1-2H3. The molecule has 0 aromatic carbocycles. The second-order valence-electron chi connectivity index (χ2n) is 3.97. The summed E-state index contributed by atoms with van der Waals surface area (Å²) in [7, 11) is 2.12. The van der Waals surface area contributed by atoms with E-state index < -0.39 is 0 Å². The van der Waals surface area contributed by atoms with Crippen molar-refractivity contribution in [3.63, 3.8) is 0 Å². The van der Waals surface area contributed by atoms with Crippen molar-refractivity contribution in [2.24, 2.45) is 0 Å². The summed E-state index contributed by atoms with van der Waals surface area (Å²) >= 11 is 0. The van der Waals surface area contributed by atoms with Crippen LogP contribution in [-0.4, -0.2) is 42.5 Å². The van der Waals surface area contributed by atoms with Gasteiger partial charge in [0.05, 0.1) is 11.8 Å². The molecule has 0 aromatic rings. The first-order chi connectivity index (χ1) is 5.64. The fraction of sp³-hybridized carbons (Fsp3) is 0.889. The van der Waals surface area contributed by atoms with Crippen LogP contribution in [0.1, 0.15) is 19.8 Å². The summed E-state index contributed by atoms with van der Waals surface area (Å²) in [6.45, 7) is 4.09. The van der Waals surface area contributed by atoms with Crippen LogP contribution in [0.25, 0.3) is 0 Å². The molecule has 0 radical (unpaired) electrons. The lowest BCUT2D eigenvalue weighted by molar-refractivity contribution is -0.103. The maximum atomic E-state index is 7.80. The molecule has 2 fully saturated rings. The van der Waals surface area contributed by atoms with Gasteiger partial charge >= 0.3 is 0 Å². The summed E-state index contributed by atoms with van der Waals surface area (Å²) in [5.41, 5.74) is 0.668. The van der Waals surface area contributed by atoms with Gasteiger partial charge in [-0.3, -0.25) is 0 Å². The summed E-state index contributed by atoms with van der Waals surface area (Å²) in [4.78, 5) is 2.30. The number of hydrogen-bond donors (Lipinski definition) is 1. The van der Waals surface area contributed by atoms with Gasteiger partial charge in [-0.2, -0.15) is 0 Å². The number of nitrogens with zero attached hydrogens (tertiary/aromatic N) is 1. The molecule has 0 aromatic heterocycles. The molecule has 0 aliphatic carbocycles. The molecule has 1 spiro atoms. The van der Waals surface area contributed by atoms with E-state index in [4.69, 9.17) is 10.1 Å². The van der Waals surface area contributed by atoms with Gasteiger partial charge in [-0.15, -0.1) is 0 Å². The Bertz CT molecular complexity index is 207. The zero-order valence-corrected chi connectivity index (χ0v) is 7.76. The molecule has 3 heteroatoms. The third-order valence-electron chi connectivity index (χ3n) is 3.09. The van der Waals surface area contributed by atoms with E-state index in [0.717, 1.165) is 31.6 Å². The molecule has 1 atom stereocenters. The van der Waals surface area contributed by atoms with Crippen LogP contribution in [0.2, 0.25) is 0 Å². The summed E-state index contributed by atoms with van der Waals surface area (Å²) in [6, 6.07) is 0. The fourth-order valence-corrected chi connectivity index (χ4v) is 2.14. The van der Waals surface area contributed by atoms with E-state index in [9.17, 15) is 0 Å². The maximum Gasteiger partial charge on any atom is 0.111 e. The van der Waals surface area contributed by atoms with Crippen LogP contribution in [0.5, 0.6) is 0 Å². The first-order valence-electron chi connectivity index (χ1n) is 4.59. The Morgan fingerprint density at radius 1 is 1.50 bits per heavy atom. The third-order valence-corrected chi connectivity index (χ3v) is 3.09. The molecular formula is C9H16N2O. The van der Waals surface area contributed by atoms with Crippen LogP contribution in [0.4, 0.5) is 0 Å². The molecule has 2 saturated heterocycles. The molecular weight excluding hydrogens is 152 g/mol. The number of ether oxygens (including phenoxy) is 1. The van der Waals surface area contributed by atoms with Crippen molar-refractivity contribution < 1.29 is 4.74 Å². The average Bonchev–Trinajstić information content (AvgIpc) is 2.09. The van der Waals surface area contributed by atoms with Crippen molar-refractivity contribution in [2.75, 3.05) is 20.1 Å². The smallest absolute Gasteiger partial charge is 0.111 e. The predicted molar refractivity (Wildman–Crippen MR) is 47.7 cm³/mol. The summed E-state index contributed by atoms with van der Waals surface area (Å²) in [6.07, 6.45) is 2.09. The number of piperidine rings is 1. The second-order valence-corrected chi connectivity index (χ2v) is 3.97. The molecule has 0 saturated carbocycles. The lowest BCUT2D eigenvalue weighted by atomic mass is 9.79. The quantitative estimate of drug-likeness (QED) is 0.583. The Balaban J connectivity index is 2.01. The van der Waals surface area contributed by atoms with Gasteiger partial charge in [0.2, 0.25) is 0 Å². The van der Waals surface area contributed by atoms with Gasteiger partial charge in [0.15, 0.2) is 0 Å². The predicted octanol–water partition coefficient (Wildman–Crippen LogP) is 0.889. The van der Waals surface area contributed by atoms with Crippen LogP contribution in [0.15, 0.2) is 0 Å². The number of rotatable bonds is 0. The highest BCUT2D eigenvalue weighted by Crippen LogP contribution is 2.37. The largest absolute Gasteiger partial charge is 0.360 e. The topological polar surface area (TPSA) is 36.3 Å². The van der Waals surface area contributed by atoms with E-state index in [1.165, 1.54) is 0 Å². The van der Waals surface area contributed by atoms with E-state index in [1.54, 1.807) is 0 Å². The van der Waals surface area contributed by atoms with Crippen LogP contribution < -0.4 is 0 Å². The minimum Gasteiger partial charge on any atom is -0.360 e. The molecule has 3 nitrogen and oxygen atoms in total. The Morgan fingerprint density at radius 2 is 2.08 bits per heavy atom. The van der Waals surface area contributed by atoms with Gasteiger partial charge in [0.1, 0.15) is 5.60 Å². The molecule has 2 aliphatic rings. The number of likely N-dealkylation sites (tertiary alicyclic amines) is 1. The Hall–Kier alpha value is -0.410. The first-order valence-corrected chi connectivity index (χ1v) is 4.59. The molecule has 2 heterocycles. The van der Waals surface area contributed by atoms with Crippen LogP contribution in [-0.2, 0) is 4.74 Å². The monoisotopic (exact) mass is 168 g/mol. The van der Waals surface area contributed by atoms with Gasteiger partial charge in [0, 0.05) is 13.1 Å². The third kappa shape index (κ3) is 1.00. The lowest BCUT2D eigenvalue weighted by Gasteiger charge is -2.51. The van der Waals surface area contributed by atoms with E-state index in [1.807, 2.05) is 6.92 Å². The van der Waals surface area contributed by atoms with Crippen molar-refractivity contribution in [3.05, 3.63) is 0 Å². The molecule has 0 amide bonds. The van der Waals surface area contributed by atoms with E-state index in [2.05, 4.69) is 11.9 Å². The number of hydrogen-bond acceptors (Lipinski definition) is 3.